The molecule has 4 aliphatic rings. The number of carbonyl (C=O) groups is 1. The predicted octanol–water partition coefficient (Wildman–Crippen LogP) is 2.78. The molecule has 0 aromatic carbocycles. The molecule has 2 aliphatic heterocycles. The minimum Gasteiger partial charge on any atom is -0.371 e. The van der Waals surface area contributed by atoms with E-state index in [1.165, 1.54) is 32.1 Å². The van der Waals surface area contributed by atoms with E-state index in [9.17, 15) is 4.79 Å². The van der Waals surface area contributed by atoms with E-state index in [2.05, 4.69) is 15.6 Å². The molecule has 1 amide bonds. The molecule has 1 aromatic heterocycles. The molecule has 0 radical (unpaired) electrons. The van der Waals surface area contributed by atoms with Crippen molar-refractivity contribution in [3.8, 4) is 0 Å². The van der Waals surface area contributed by atoms with Crippen molar-refractivity contribution < 1.29 is 14.3 Å². The van der Waals surface area contributed by atoms with Crippen molar-refractivity contribution in [1.29, 1.82) is 0 Å². The number of aromatic nitrogens is 2. The first kappa shape index (κ1) is 19.2. The first-order chi connectivity index (χ1) is 14.3. The van der Waals surface area contributed by atoms with E-state index in [4.69, 9.17) is 14.5 Å². The lowest BCUT2D eigenvalue weighted by Crippen LogP contribution is -2.47. The van der Waals surface area contributed by atoms with Gasteiger partial charge in [-0.15, -0.1) is 0 Å². The Labute approximate surface area is 172 Å². The van der Waals surface area contributed by atoms with E-state index in [-0.39, 0.29) is 36.1 Å². The van der Waals surface area contributed by atoms with Crippen molar-refractivity contribution >= 4 is 11.9 Å². The van der Waals surface area contributed by atoms with Gasteiger partial charge in [0.2, 0.25) is 11.9 Å². The summed E-state index contributed by atoms with van der Waals surface area (Å²) in [6.45, 7) is 1.05. The number of nitrogens with zero attached hydrogens (tertiary/aromatic N) is 2. The molecule has 4 atom stereocenters. The second-order valence-electron chi connectivity index (χ2n) is 9.08. The zero-order chi connectivity index (χ0) is 19.6. The molecule has 158 valence electrons. The maximum Gasteiger partial charge on any atom is 0.223 e. The number of hydrogen-bond donors (Lipinski definition) is 2. The lowest BCUT2D eigenvalue weighted by atomic mass is 9.88. The number of carbonyl (C=O) groups excluding carboxylic acids is 1. The lowest BCUT2D eigenvalue weighted by molar-refractivity contribution is -0.127. The summed E-state index contributed by atoms with van der Waals surface area (Å²) in [6, 6.07) is 1.99. The smallest absolute Gasteiger partial charge is 0.223 e. The highest BCUT2D eigenvalue weighted by Gasteiger charge is 2.48. The fraction of sp³-hybridized carbons (Fsp3) is 0.773. The van der Waals surface area contributed by atoms with Gasteiger partial charge in [-0.2, -0.15) is 0 Å². The van der Waals surface area contributed by atoms with Gasteiger partial charge in [0, 0.05) is 23.7 Å². The summed E-state index contributed by atoms with van der Waals surface area (Å²) in [5, 5.41) is 6.63. The van der Waals surface area contributed by atoms with Gasteiger partial charge in [0.25, 0.3) is 0 Å². The third kappa shape index (κ3) is 4.12. The molecule has 0 bridgehead atoms. The predicted molar refractivity (Wildman–Crippen MR) is 109 cm³/mol. The van der Waals surface area contributed by atoms with E-state index in [1.807, 2.05) is 12.3 Å². The number of hydrogen-bond acceptors (Lipinski definition) is 6. The first-order valence-corrected chi connectivity index (χ1v) is 11.4. The molecule has 2 saturated carbocycles. The molecular formula is C22H32N4O3. The van der Waals surface area contributed by atoms with Gasteiger partial charge in [0.15, 0.2) is 0 Å². The number of anilines is 1. The van der Waals surface area contributed by atoms with Gasteiger partial charge in [-0.05, 0) is 31.7 Å². The topological polar surface area (TPSA) is 85.4 Å². The Balaban J connectivity index is 1.18. The van der Waals surface area contributed by atoms with Gasteiger partial charge >= 0.3 is 0 Å². The molecule has 3 heterocycles. The van der Waals surface area contributed by atoms with Gasteiger partial charge < -0.3 is 20.1 Å². The molecule has 29 heavy (non-hydrogen) atoms. The summed E-state index contributed by atoms with van der Waals surface area (Å²) >= 11 is 0. The fourth-order valence-corrected chi connectivity index (χ4v) is 5.47. The Kier molecular flexibility index (Phi) is 5.68. The largest absolute Gasteiger partial charge is 0.371 e. The molecule has 0 spiro atoms. The molecule has 5 rings (SSSR count). The number of fused-ring (bicyclic) bond motifs is 1. The number of rotatable bonds is 5. The van der Waals surface area contributed by atoms with Gasteiger partial charge in [0.1, 0.15) is 12.2 Å². The molecule has 7 nitrogen and oxygen atoms in total. The molecular weight excluding hydrogens is 368 g/mol. The van der Waals surface area contributed by atoms with Crippen molar-refractivity contribution in [1.82, 2.24) is 15.3 Å². The van der Waals surface area contributed by atoms with Crippen LogP contribution in [0.3, 0.4) is 0 Å². The summed E-state index contributed by atoms with van der Waals surface area (Å²) in [5.41, 5.74) is 1.14. The van der Waals surface area contributed by atoms with Crippen molar-refractivity contribution in [2.45, 2.75) is 88.0 Å². The van der Waals surface area contributed by atoms with Gasteiger partial charge in [0.05, 0.1) is 25.3 Å². The maximum absolute atomic E-state index is 12.6. The Morgan fingerprint density at radius 3 is 2.41 bits per heavy atom. The Morgan fingerprint density at radius 2 is 1.62 bits per heavy atom. The molecule has 4 fully saturated rings. The second-order valence-corrected chi connectivity index (χ2v) is 9.08. The van der Waals surface area contributed by atoms with Crippen molar-refractivity contribution in [3.05, 3.63) is 18.0 Å². The highest BCUT2D eigenvalue weighted by molar-refractivity contribution is 5.79. The van der Waals surface area contributed by atoms with Crippen LogP contribution < -0.4 is 10.6 Å². The number of nitrogens with one attached hydrogen (secondary N) is 2. The molecule has 1 aromatic rings. The minimum absolute atomic E-state index is 0.00964. The third-order valence-corrected chi connectivity index (χ3v) is 7.12. The van der Waals surface area contributed by atoms with E-state index in [1.54, 1.807) is 0 Å². The SMILES string of the molecule is O=C(NC1COC2C(Nc3nccc(C4CCCC4)n3)COC12)C1CCCCC1. The average molecular weight is 401 g/mol. The van der Waals surface area contributed by atoms with Crippen LogP contribution in [0.5, 0.6) is 0 Å². The van der Waals surface area contributed by atoms with Crippen LogP contribution in [0.15, 0.2) is 12.3 Å². The van der Waals surface area contributed by atoms with Crippen LogP contribution in [0.4, 0.5) is 5.95 Å². The Morgan fingerprint density at radius 1 is 0.931 bits per heavy atom. The van der Waals surface area contributed by atoms with E-state index >= 15 is 0 Å². The lowest BCUT2D eigenvalue weighted by Gasteiger charge is -2.24. The average Bonchev–Trinajstić information content (AvgIpc) is 3.49. The Bertz CT molecular complexity index is 718. The van der Waals surface area contributed by atoms with E-state index in [0.29, 0.717) is 25.1 Å². The second kappa shape index (κ2) is 8.56. The van der Waals surface area contributed by atoms with Crippen molar-refractivity contribution in [2.24, 2.45) is 5.92 Å². The van der Waals surface area contributed by atoms with Crippen LogP contribution in [0.1, 0.15) is 69.4 Å². The normalized spacial score (nSPS) is 33.0. The van der Waals surface area contributed by atoms with Gasteiger partial charge in [-0.25, -0.2) is 9.97 Å². The van der Waals surface area contributed by atoms with Crippen molar-refractivity contribution in [3.63, 3.8) is 0 Å². The van der Waals surface area contributed by atoms with Crippen LogP contribution in [0.2, 0.25) is 0 Å². The highest BCUT2D eigenvalue weighted by Crippen LogP contribution is 2.34. The standard InChI is InChI=1S/C22H32N4O3/c27-21(15-8-2-1-3-9-15)24-17-12-28-20-18(13-29-19(17)20)26-22-23-11-10-16(25-22)14-6-4-5-7-14/h10-11,14-15,17-20H,1-9,12-13H2,(H,24,27)(H,23,25,26). The fourth-order valence-electron chi connectivity index (χ4n) is 5.47. The van der Waals surface area contributed by atoms with Crippen LogP contribution in [-0.2, 0) is 14.3 Å². The maximum atomic E-state index is 12.6. The molecule has 2 saturated heterocycles. The summed E-state index contributed by atoms with van der Waals surface area (Å²) in [7, 11) is 0. The van der Waals surface area contributed by atoms with E-state index in [0.717, 1.165) is 31.4 Å². The molecule has 2 N–H and O–H groups in total. The summed E-state index contributed by atoms with van der Waals surface area (Å²) in [4.78, 5) is 21.8. The molecule has 4 unspecified atom stereocenters. The van der Waals surface area contributed by atoms with Crippen LogP contribution in [0, 0.1) is 5.92 Å². The van der Waals surface area contributed by atoms with Crippen LogP contribution in [-0.4, -0.2) is 53.4 Å². The monoisotopic (exact) mass is 400 g/mol. The molecule has 7 heteroatoms. The van der Waals surface area contributed by atoms with Gasteiger partial charge in [-0.1, -0.05) is 32.1 Å². The van der Waals surface area contributed by atoms with Crippen molar-refractivity contribution in [2.75, 3.05) is 18.5 Å². The van der Waals surface area contributed by atoms with Crippen LogP contribution in [0.25, 0.3) is 0 Å². The number of ether oxygens (including phenoxy) is 2. The summed E-state index contributed by atoms with van der Waals surface area (Å²) in [5.74, 6) is 1.55. The minimum atomic E-state index is -0.0990. The van der Waals surface area contributed by atoms with E-state index < -0.39 is 0 Å². The third-order valence-electron chi connectivity index (χ3n) is 7.12. The summed E-state index contributed by atoms with van der Waals surface area (Å²) < 4.78 is 12.1. The first-order valence-electron chi connectivity index (χ1n) is 11.4. The Hall–Kier alpha value is -1.73. The van der Waals surface area contributed by atoms with Gasteiger partial charge in [-0.3, -0.25) is 4.79 Å². The quantitative estimate of drug-likeness (QED) is 0.791. The molecule has 2 aliphatic carbocycles. The zero-order valence-electron chi connectivity index (χ0n) is 17.0. The highest BCUT2D eigenvalue weighted by atomic mass is 16.6. The van der Waals surface area contributed by atoms with Crippen LogP contribution >= 0.6 is 0 Å². The number of amides is 1. The summed E-state index contributed by atoms with van der Waals surface area (Å²) in [6.07, 6.45) is 12.3. The zero-order valence-corrected chi connectivity index (χ0v) is 17.0.